The third kappa shape index (κ3) is 2.56. The predicted octanol–water partition coefficient (Wildman–Crippen LogP) is 1.39. The minimum absolute atomic E-state index is 0.260. The molecule has 0 atom stereocenters. The largest absolute Gasteiger partial charge is 0.396 e. The van der Waals surface area contributed by atoms with Crippen molar-refractivity contribution in [2.24, 2.45) is 0 Å². The second-order valence-electron chi connectivity index (χ2n) is 3.12. The number of nitrogens with zero attached hydrogens (tertiary/aromatic N) is 2. The van der Waals surface area contributed by atoms with Gasteiger partial charge in [-0.1, -0.05) is 6.92 Å². The van der Waals surface area contributed by atoms with Crippen molar-refractivity contribution in [3.05, 3.63) is 17.5 Å². The van der Waals surface area contributed by atoms with Crippen LogP contribution in [0.1, 0.15) is 31.7 Å². The molecule has 0 aliphatic rings. The van der Waals surface area contributed by atoms with Crippen molar-refractivity contribution in [2.75, 3.05) is 6.61 Å². The van der Waals surface area contributed by atoms with E-state index in [9.17, 15) is 0 Å². The van der Waals surface area contributed by atoms with Crippen LogP contribution in [0.15, 0.2) is 6.07 Å². The Morgan fingerprint density at radius 1 is 1.46 bits per heavy atom. The lowest BCUT2D eigenvalue weighted by molar-refractivity contribution is 0.287. The highest BCUT2D eigenvalue weighted by Crippen LogP contribution is 2.07. The molecular formula is C10H18N2O. The molecule has 0 radical (unpaired) electrons. The summed E-state index contributed by atoms with van der Waals surface area (Å²) in [5.74, 6) is 0. The van der Waals surface area contributed by atoms with E-state index in [2.05, 4.69) is 25.0 Å². The molecule has 3 nitrogen and oxygen atoms in total. The zero-order valence-electron chi connectivity index (χ0n) is 8.45. The first-order valence-corrected chi connectivity index (χ1v) is 4.98. The monoisotopic (exact) mass is 182 g/mol. The van der Waals surface area contributed by atoms with Crippen LogP contribution in [-0.2, 0) is 19.4 Å². The Labute approximate surface area is 79.4 Å². The van der Waals surface area contributed by atoms with E-state index in [0.29, 0.717) is 0 Å². The van der Waals surface area contributed by atoms with Crippen molar-refractivity contribution in [2.45, 2.75) is 39.7 Å². The van der Waals surface area contributed by atoms with Gasteiger partial charge in [0.2, 0.25) is 0 Å². The molecular weight excluding hydrogens is 164 g/mol. The standard InChI is InChI=1S/C10H18N2O/c1-3-9-8-10(6-5-7-13)12(4-2)11-9/h8,13H,3-7H2,1-2H3. The van der Waals surface area contributed by atoms with Crippen LogP contribution in [0.4, 0.5) is 0 Å². The number of aryl methyl sites for hydroxylation is 3. The lowest BCUT2D eigenvalue weighted by atomic mass is 10.2. The topological polar surface area (TPSA) is 38.0 Å². The molecule has 1 N–H and O–H groups in total. The van der Waals surface area contributed by atoms with E-state index in [1.165, 1.54) is 5.69 Å². The van der Waals surface area contributed by atoms with E-state index >= 15 is 0 Å². The Morgan fingerprint density at radius 3 is 2.77 bits per heavy atom. The van der Waals surface area contributed by atoms with Gasteiger partial charge in [0.25, 0.3) is 0 Å². The number of hydrogen-bond acceptors (Lipinski definition) is 2. The van der Waals surface area contributed by atoms with Crippen LogP contribution in [-0.4, -0.2) is 21.5 Å². The molecule has 0 amide bonds. The molecule has 13 heavy (non-hydrogen) atoms. The van der Waals surface area contributed by atoms with Gasteiger partial charge < -0.3 is 5.11 Å². The van der Waals surface area contributed by atoms with Gasteiger partial charge in [0.1, 0.15) is 0 Å². The molecule has 0 saturated heterocycles. The van der Waals surface area contributed by atoms with Gasteiger partial charge in [0.05, 0.1) is 5.69 Å². The maximum atomic E-state index is 8.73. The molecule has 3 heteroatoms. The van der Waals surface area contributed by atoms with Crippen LogP contribution in [0.25, 0.3) is 0 Å². The molecule has 1 rings (SSSR count). The molecule has 0 bridgehead atoms. The summed E-state index contributed by atoms with van der Waals surface area (Å²) in [5.41, 5.74) is 2.39. The molecule has 0 unspecified atom stereocenters. The van der Waals surface area contributed by atoms with Crippen LogP contribution in [0, 0.1) is 0 Å². The minimum Gasteiger partial charge on any atom is -0.396 e. The quantitative estimate of drug-likeness (QED) is 0.747. The summed E-state index contributed by atoms with van der Waals surface area (Å²) in [5, 5.41) is 13.2. The Morgan fingerprint density at radius 2 is 2.23 bits per heavy atom. The fraction of sp³-hybridized carbons (Fsp3) is 0.700. The highest BCUT2D eigenvalue weighted by atomic mass is 16.2. The fourth-order valence-electron chi connectivity index (χ4n) is 1.42. The van der Waals surface area contributed by atoms with E-state index in [4.69, 9.17) is 5.11 Å². The van der Waals surface area contributed by atoms with E-state index in [1.807, 2.05) is 4.68 Å². The zero-order valence-corrected chi connectivity index (χ0v) is 8.45. The Kier molecular flexibility index (Phi) is 3.96. The van der Waals surface area contributed by atoms with Crippen molar-refractivity contribution in [1.82, 2.24) is 9.78 Å². The summed E-state index contributed by atoms with van der Waals surface area (Å²) in [6.45, 7) is 5.38. The van der Waals surface area contributed by atoms with Gasteiger partial charge in [-0.25, -0.2) is 0 Å². The first-order valence-electron chi connectivity index (χ1n) is 4.98. The zero-order chi connectivity index (χ0) is 9.68. The van der Waals surface area contributed by atoms with Crippen LogP contribution < -0.4 is 0 Å². The summed E-state index contributed by atoms with van der Waals surface area (Å²) < 4.78 is 2.02. The molecule has 1 aromatic rings. The second-order valence-corrected chi connectivity index (χ2v) is 3.12. The van der Waals surface area contributed by atoms with Gasteiger partial charge in [0, 0.05) is 18.8 Å². The fourth-order valence-corrected chi connectivity index (χ4v) is 1.42. The van der Waals surface area contributed by atoms with E-state index in [-0.39, 0.29) is 6.61 Å². The maximum absolute atomic E-state index is 8.73. The van der Waals surface area contributed by atoms with Crippen molar-refractivity contribution in [3.63, 3.8) is 0 Å². The lowest BCUT2D eigenvalue weighted by Crippen LogP contribution is -2.03. The van der Waals surface area contributed by atoms with Crippen molar-refractivity contribution in [3.8, 4) is 0 Å². The van der Waals surface area contributed by atoms with E-state index in [1.54, 1.807) is 0 Å². The lowest BCUT2D eigenvalue weighted by Gasteiger charge is -2.01. The van der Waals surface area contributed by atoms with Gasteiger partial charge >= 0.3 is 0 Å². The number of aromatic nitrogens is 2. The molecule has 0 saturated carbocycles. The smallest absolute Gasteiger partial charge is 0.0624 e. The molecule has 0 aliphatic heterocycles. The van der Waals surface area contributed by atoms with Gasteiger partial charge in [-0.05, 0) is 32.3 Å². The average Bonchev–Trinajstić information content (AvgIpc) is 2.57. The number of hydrogen-bond donors (Lipinski definition) is 1. The summed E-state index contributed by atoms with van der Waals surface area (Å²) in [6, 6.07) is 2.14. The summed E-state index contributed by atoms with van der Waals surface area (Å²) in [6.07, 6.45) is 2.74. The summed E-state index contributed by atoms with van der Waals surface area (Å²) >= 11 is 0. The normalized spacial score (nSPS) is 10.7. The first kappa shape index (κ1) is 10.3. The van der Waals surface area contributed by atoms with E-state index < -0.39 is 0 Å². The summed E-state index contributed by atoms with van der Waals surface area (Å²) in [4.78, 5) is 0. The SMILES string of the molecule is CCc1cc(CCCO)n(CC)n1. The molecule has 0 aliphatic carbocycles. The predicted molar refractivity (Wildman–Crippen MR) is 52.7 cm³/mol. The highest BCUT2D eigenvalue weighted by Gasteiger charge is 2.04. The van der Waals surface area contributed by atoms with Crippen LogP contribution in [0.2, 0.25) is 0 Å². The van der Waals surface area contributed by atoms with E-state index in [0.717, 1.165) is 31.5 Å². The average molecular weight is 182 g/mol. The first-order chi connectivity index (χ1) is 6.31. The van der Waals surface area contributed by atoms with Gasteiger partial charge in [0.15, 0.2) is 0 Å². The van der Waals surface area contributed by atoms with Crippen LogP contribution >= 0.6 is 0 Å². The molecule has 0 spiro atoms. The Bertz CT molecular complexity index is 255. The third-order valence-corrected chi connectivity index (χ3v) is 2.17. The number of aliphatic hydroxyl groups excluding tert-OH is 1. The van der Waals surface area contributed by atoms with Gasteiger partial charge in [-0.2, -0.15) is 5.10 Å². The molecule has 1 aromatic heterocycles. The second kappa shape index (κ2) is 5.02. The van der Waals surface area contributed by atoms with Crippen molar-refractivity contribution in [1.29, 1.82) is 0 Å². The highest BCUT2D eigenvalue weighted by molar-refractivity contribution is 5.10. The molecule has 1 heterocycles. The number of rotatable bonds is 5. The van der Waals surface area contributed by atoms with Crippen LogP contribution in [0.5, 0.6) is 0 Å². The van der Waals surface area contributed by atoms with Gasteiger partial charge in [-0.3, -0.25) is 4.68 Å². The number of aliphatic hydroxyl groups is 1. The molecule has 0 aromatic carbocycles. The van der Waals surface area contributed by atoms with Crippen molar-refractivity contribution < 1.29 is 5.11 Å². The van der Waals surface area contributed by atoms with Crippen LogP contribution in [0.3, 0.4) is 0 Å². The molecule has 0 fully saturated rings. The summed E-state index contributed by atoms with van der Waals surface area (Å²) in [7, 11) is 0. The Hall–Kier alpha value is -0.830. The maximum Gasteiger partial charge on any atom is 0.0624 e. The third-order valence-electron chi connectivity index (χ3n) is 2.17. The molecule has 74 valence electrons. The van der Waals surface area contributed by atoms with Crippen molar-refractivity contribution >= 4 is 0 Å². The minimum atomic E-state index is 0.260. The Balaban J connectivity index is 2.71. The van der Waals surface area contributed by atoms with Gasteiger partial charge in [-0.15, -0.1) is 0 Å².